The van der Waals surface area contributed by atoms with E-state index in [1.54, 1.807) is 14.0 Å². The van der Waals surface area contributed by atoms with Gasteiger partial charge in [0.15, 0.2) is 0 Å². The number of nitrogens with zero attached hydrogens (tertiary/aromatic N) is 2. The second-order valence-electron chi connectivity index (χ2n) is 7.29. The summed E-state index contributed by atoms with van der Waals surface area (Å²) in [7, 11) is 1.60. The second-order valence-corrected chi connectivity index (χ2v) is 7.29. The van der Waals surface area contributed by atoms with E-state index >= 15 is 0 Å². The summed E-state index contributed by atoms with van der Waals surface area (Å²) < 4.78 is 6.88. The molecule has 2 aromatic carbocycles. The average molecular weight is 401 g/mol. The predicted molar refractivity (Wildman–Crippen MR) is 116 cm³/mol. The van der Waals surface area contributed by atoms with Gasteiger partial charge in [-0.2, -0.15) is 0 Å². The quantitative estimate of drug-likeness (QED) is 0.533. The zero-order valence-corrected chi connectivity index (χ0v) is 17.0. The third kappa shape index (κ3) is 3.76. The van der Waals surface area contributed by atoms with E-state index in [9.17, 15) is 9.59 Å². The Morgan fingerprint density at radius 2 is 1.67 bits per heavy atom. The number of amides is 1. The Morgan fingerprint density at radius 3 is 2.27 bits per heavy atom. The van der Waals surface area contributed by atoms with E-state index < -0.39 is 0 Å². The lowest BCUT2D eigenvalue weighted by Crippen LogP contribution is -2.28. The van der Waals surface area contributed by atoms with Crippen LogP contribution in [-0.2, 0) is 7.05 Å². The van der Waals surface area contributed by atoms with Crippen molar-refractivity contribution < 1.29 is 9.21 Å². The van der Waals surface area contributed by atoms with Crippen LogP contribution in [-0.4, -0.2) is 22.0 Å². The highest BCUT2D eigenvalue weighted by Gasteiger charge is 2.22. The fraction of sp³-hybridized carbons (Fsp3) is 0.208. The van der Waals surface area contributed by atoms with E-state index in [2.05, 4.69) is 34.6 Å². The molecule has 2 aromatic heterocycles. The van der Waals surface area contributed by atoms with Crippen molar-refractivity contribution in [2.75, 3.05) is 6.54 Å². The fourth-order valence-electron chi connectivity index (χ4n) is 3.78. The number of aromatic nitrogens is 2. The van der Waals surface area contributed by atoms with E-state index in [4.69, 9.17) is 4.42 Å². The first-order valence-corrected chi connectivity index (χ1v) is 9.89. The summed E-state index contributed by atoms with van der Waals surface area (Å²) in [4.78, 5) is 29.5. The third-order valence-electron chi connectivity index (χ3n) is 5.30. The smallest absolute Gasteiger partial charge is 0.265 e. The van der Waals surface area contributed by atoms with Gasteiger partial charge in [0.25, 0.3) is 11.5 Å². The van der Waals surface area contributed by atoms with Crippen molar-refractivity contribution in [1.82, 2.24) is 14.9 Å². The molecule has 4 aromatic rings. The van der Waals surface area contributed by atoms with Crippen LogP contribution < -0.4 is 10.9 Å². The van der Waals surface area contributed by atoms with E-state index in [0.29, 0.717) is 12.3 Å². The molecule has 0 spiro atoms. The molecular formula is C24H23N3O3. The van der Waals surface area contributed by atoms with E-state index in [1.807, 2.05) is 36.4 Å². The molecule has 6 nitrogen and oxygen atoms in total. The van der Waals surface area contributed by atoms with Crippen molar-refractivity contribution in [3.8, 4) is 0 Å². The topological polar surface area (TPSA) is 77.1 Å². The molecule has 0 aliphatic heterocycles. The Balaban J connectivity index is 1.55. The van der Waals surface area contributed by atoms with Crippen LogP contribution in [0, 0.1) is 6.92 Å². The number of hydrogen-bond acceptors (Lipinski definition) is 4. The van der Waals surface area contributed by atoms with Crippen LogP contribution in [0.5, 0.6) is 0 Å². The average Bonchev–Trinajstić information content (AvgIpc) is 3.12. The lowest BCUT2D eigenvalue weighted by Gasteiger charge is -2.18. The number of carbonyl (C=O) groups excluding carboxylic acids is 1. The molecular weight excluding hydrogens is 378 g/mol. The molecule has 0 aliphatic carbocycles. The van der Waals surface area contributed by atoms with Crippen LogP contribution in [0.25, 0.3) is 11.1 Å². The number of nitrogens with one attached hydrogen (secondary N) is 1. The summed E-state index contributed by atoms with van der Waals surface area (Å²) in [5, 5.41) is 3.18. The van der Waals surface area contributed by atoms with Crippen molar-refractivity contribution in [2.24, 2.45) is 7.05 Å². The highest BCUT2D eigenvalue weighted by atomic mass is 16.3. The Hall–Kier alpha value is -3.67. The summed E-state index contributed by atoms with van der Waals surface area (Å²) in [5.41, 5.74) is 2.54. The van der Waals surface area contributed by atoms with Crippen LogP contribution in [0.3, 0.4) is 0 Å². The molecule has 6 heteroatoms. The SMILES string of the molecule is Cc1oc2ncn(C)c(=O)c2c1C(=O)NCCC(c1ccccc1)c1ccccc1. The molecule has 0 unspecified atom stereocenters. The van der Waals surface area contributed by atoms with Gasteiger partial charge in [-0.05, 0) is 24.5 Å². The van der Waals surface area contributed by atoms with Gasteiger partial charge >= 0.3 is 0 Å². The van der Waals surface area contributed by atoms with Gasteiger partial charge in [0.2, 0.25) is 5.71 Å². The van der Waals surface area contributed by atoms with Crippen LogP contribution in [0.15, 0.2) is 76.2 Å². The number of hydrogen-bond donors (Lipinski definition) is 1. The second kappa shape index (κ2) is 8.37. The maximum atomic E-state index is 12.9. The predicted octanol–water partition coefficient (Wildman–Crippen LogP) is 3.79. The Morgan fingerprint density at radius 1 is 1.07 bits per heavy atom. The molecule has 0 saturated carbocycles. The van der Waals surface area contributed by atoms with Gasteiger partial charge in [0.05, 0.1) is 5.56 Å². The van der Waals surface area contributed by atoms with Crippen molar-refractivity contribution >= 4 is 17.0 Å². The van der Waals surface area contributed by atoms with Gasteiger partial charge in [-0.1, -0.05) is 60.7 Å². The monoisotopic (exact) mass is 401 g/mol. The first kappa shape index (κ1) is 19.6. The molecule has 1 N–H and O–H groups in total. The lowest BCUT2D eigenvalue weighted by atomic mass is 9.88. The van der Waals surface area contributed by atoms with Crippen molar-refractivity contribution in [1.29, 1.82) is 0 Å². The van der Waals surface area contributed by atoms with Crippen LogP contribution in [0.1, 0.15) is 39.6 Å². The minimum Gasteiger partial charge on any atom is -0.442 e. The van der Waals surface area contributed by atoms with Gasteiger partial charge in [0, 0.05) is 19.5 Å². The molecule has 152 valence electrons. The summed E-state index contributed by atoms with van der Waals surface area (Å²) in [6.07, 6.45) is 2.12. The Bertz CT molecular complexity index is 1190. The van der Waals surface area contributed by atoms with Crippen molar-refractivity contribution in [3.63, 3.8) is 0 Å². The summed E-state index contributed by atoms with van der Waals surface area (Å²) >= 11 is 0. The highest BCUT2D eigenvalue weighted by Crippen LogP contribution is 2.27. The lowest BCUT2D eigenvalue weighted by molar-refractivity contribution is 0.0952. The molecule has 30 heavy (non-hydrogen) atoms. The molecule has 0 atom stereocenters. The number of fused-ring (bicyclic) bond motifs is 1. The van der Waals surface area contributed by atoms with Crippen LogP contribution in [0.4, 0.5) is 0 Å². The van der Waals surface area contributed by atoms with Crippen LogP contribution in [0.2, 0.25) is 0 Å². The third-order valence-corrected chi connectivity index (χ3v) is 5.30. The molecule has 0 saturated heterocycles. The Labute approximate surface area is 174 Å². The van der Waals surface area contributed by atoms with Gasteiger partial charge in [-0.25, -0.2) is 4.98 Å². The molecule has 2 heterocycles. The molecule has 0 fully saturated rings. The molecule has 4 rings (SSSR count). The summed E-state index contributed by atoms with van der Waals surface area (Å²) in [6, 6.07) is 20.5. The number of aryl methyl sites for hydroxylation is 2. The van der Waals surface area contributed by atoms with Gasteiger partial charge in [-0.15, -0.1) is 0 Å². The fourth-order valence-corrected chi connectivity index (χ4v) is 3.78. The van der Waals surface area contributed by atoms with Gasteiger partial charge in [0.1, 0.15) is 17.5 Å². The molecule has 0 bridgehead atoms. The maximum absolute atomic E-state index is 12.9. The molecule has 0 aliphatic rings. The normalized spacial score (nSPS) is 11.2. The molecule has 0 radical (unpaired) electrons. The highest BCUT2D eigenvalue weighted by molar-refractivity contribution is 6.06. The first-order chi connectivity index (χ1) is 14.6. The number of furan rings is 1. The largest absolute Gasteiger partial charge is 0.442 e. The first-order valence-electron chi connectivity index (χ1n) is 9.89. The van der Waals surface area contributed by atoms with Gasteiger partial charge < -0.3 is 14.3 Å². The minimum absolute atomic E-state index is 0.157. The van der Waals surface area contributed by atoms with E-state index in [0.717, 1.165) is 6.42 Å². The van der Waals surface area contributed by atoms with E-state index in [1.165, 1.54) is 22.0 Å². The van der Waals surface area contributed by atoms with Crippen molar-refractivity contribution in [3.05, 3.63) is 99.8 Å². The Kier molecular flexibility index (Phi) is 5.48. The zero-order chi connectivity index (χ0) is 21.1. The maximum Gasteiger partial charge on any atom is 0.265 e. The zero-order valence-electron chi connectivity index (χ0n) is 17.0. The summed E-state index contributed by atoms with van der Waals surface area (Å²) in [6.45, 7) is 2.13. The minimum atomic E-state index is -0.323. The number of rotatable bonds is 6. The number of carbonyl (C=O) groups is 1. The molecule has 1 amide bonds. The number of benzene rings is 2. The standard InChI is InChI=1S/C24H23N3O3/c1-16-20(21-23(30-16)26-15-27(2)24(21)29)22(28)25-14-13-19(17-9-5-3-6-10-17)18-11-7-4-8-12-18/h3-12,15,19H,13-14H2,1-2H3,(H,25,28). The van der Waals surface area contributed by atoms with E-state index in [-0.39, 0.29) is 34.0 Å². The van der Waals surface area contributed by atoms with Gasteiger partial charge in [-0.3, -0.25) is 9.59 Å². The van der Waals surface area contributed by atoms with Crippen LogP contribution >= 0.6 is 0 Å². The van der Waals surface area contributed by atoms with Crippen molar-refractivity contribution in [2.45, 2.75) is 19.3 Å². The summed E-state index contributed by atoms with van der Waals surface area (Å²) in [5.74, 6) is 0.224.